The van der Waals surface area contributed by atoms with Crippen molar-refractivity contribution in [1.29, 1.82) is 0 Å². The van der Waals surface area contributed by atoms with Crippen molar-refractivity contribution in [3.63, 3.8) is 0 Å². The van der Waals surface area contributed by atoms with Crippen molar-refractivity contribution in [2.24, 2.45) is 0 Å². The van der Waals surface area contributed by atoms with E-state index in [1.54, 1.807) is 0 Å². The Balaban J connectivity index is 3.09. The number of aromatic nitrogens is 1. The fraction of sp³-hybridized carbons (Fsp3) is 0.500. The van der Waals surface area contributed by atoms with Gasteiger partial charge in [-0.3, -0.25) is 0 Å². The molecule has 1 aromatic heterocycles. The molecule has 0 radical (unpaired) electrons. The molecular weight excluding hydrogens is 333 g/mol. The summed E-state index contributed by atoms with van der Waals surface area (Å²) in [6.07, 6.45) is 1.01. The average Bonchev–Trinajstić information content (AvgIpc) is 2.44. The standard InChI is InChI=1S/C12H16INO3/c1-7-8(5-6-15)9(14-10(7)13)11(16)17-12(2,3)4/h6,14H,5H2,1-4H3. The molecule has 94 valence electrons. The zero-order valence-corrected chi connectivity index (χ0v) is 12.5. The molecule has 1 N–H and O–H groups in total. The lowest BCUT2D eigenvalue weighted by Gasteiger charge is -2.19. The van der Waals surface area contributed by atoms with E-state index in [-0.39, 0.29) is 6.42 Å². The van der Waals surface area contributed by atoms with Gasteiger partial charge in [-0.25, -0.2) is 4.79 Å². The summed E-state index contributed by atoms with van der Waals surface area (Å²) in [5.74, 6) is -0.416. The van der Waals surface area contributed by atoms with E-state index in [1.165, 1.54) is 0 Å². The first-order chi connectivity index (χ1) is 7.76. The van der Waals surface area contributed by atoms with Crippen molar-refractivity contribution in [2.45, 2.75) is 39.7 Å². The maximum atomic E-state index is 11.9. The van der Waals surface area contributed by atoms with Crippen LogP contribution in [0.1, 0.15) is 42.4 Å². The van der Waals surface area contributed by atoms with Crippen molar-refractivity contribution >= 4 is 34.8 Å². The molecule has 0 spiro atoms. The minimum atomic E-state index is -0.542. The zero-order chi connectivity index (χ0) is 13.2. The van der Waals surface area contributed by atoms with Crippen LogP contribution in [-0.2, 0) is 16.0 Å². The van der Waals surface area contributed by atoms with E-state index in [2.05, 4.69) is 27.6 Å². The van der Waals surface area contributed by atoms with E-state index in [9.17, 15) is 9.59 Å². The maximum Gasteiger partial charge on any atom is 0.355 e. The second-order valence-corrected chi connectivity index (χ2v) is 5.87. The van der Waals surface area contributed by atoms with Crippen LogP contribution < -0.4 is 0 Å². The molecule has 0 saturated heterocycles. The van der Waals surface area contributed by atoms with Crippen LogP contribution in [0, 0.1) is 10.6 Å². The molecule has 0 aromatic carbocycles. The lowest BCUT2D eigenvalue weighted by atomic mass is 10.1. The SMILES string of the molecule is Cc1c(I)[nH]c(C(=O)OC(C)(C)C)c1CC=O. The molecule has 0 aliphatic carbocycles. The second kappa shape index (κ2) is 5.20. The minimum Gasteiger partial charge on any atom is -0.455 e. The Labute approximate surface area is 114 Å². The highest BCUT2D eigenvalue weighted by molar-refractivity contribution is 14.1. The van der Waals surface area contributed by atoms with Gasteiger partial charge in [-0.15, -0.1) is 0 Å². The maximum absolute atomic E-state index is 11.9. The average molecular weight is 349 g/mol. The molecule has 1 heterocycles. The number of nitrogens with one attached hydrogen (secondary N) is 1. The topological polar surface area (TPSA) is 59.2 Å². The number of carbonyl (C=O) groups is 2. The molecule has 0 aliphatic rings. The largest absolute Gasteiger partial charge is 0.455 e. The summed E-state index contributed by atoms with van der Waals surface area (Å²) in [6.45, 7) is 7.31. The van der Waals surface area contributed by atoms with Gasteiger partial charge in [-0.2, -0.15) is 0 Å². The van der Waals surface area contributed by atoms with E-state index >= 15 is 0 Å². The number of rotatable bonds is 3. The van der Waals surface area contributed by atoms with Gasteiger partial charge in [0.2, 0.25) is 0 Å². The molecule has 0 amide bonds. The first-order valence-electron chi connectivity index (χ1n) is 5.30. The van der Waals surface area contributed by atoms with Crippen LogP contribution in [-0.4, -0.2) is 22.8 Å². The summed E-state index contributed by atoms with van der Waals surface area (Å²) in [5, 5.41) is 0. The Hall–Kier alpha value is -0.850. The van der Waals surface area contributed by atoms with E-state index < -0.39 is 11.6 Å². The predicted molar refractivity (Wildman–Crippen MR) is 73.2 cm³/mol. The molecule has 1 rings (SSSR count). The second-order valence-electron chi connectivity index (χ2n) is 4.79. The van der Waals surface area contributed by atoms with Gasteiger partial charge in [0.05, 0.1) is 3.70 Å². The quantitative estimate of drug-likeness (QED) is 0.519. The number of H-pyrrole nitrogens is 1. The van der Waals surface area contributed by atoms with Gasteiger partial charge in [0.15, 0.2) is 0 Å². The van der Waals surface area contributed by atoms with Gasteiger partial charge in [0.1, 0.15) is 17.6 Å². The van der Waals surface area contributed by atoms with Crippen LogP contribution in [0.4, 0.5) is 0 Å². The Kier molecular flexibility index (Phi) is 4.35. The number of ether oxygens (including phenoxy) is 1. The Morgan fingerprint density at radius 1 is 1.47 bits per heavy atom. The van der Waals surface area contributed by atoms with Crippen molar-refractivity contribution in [3.05, 3.63) is 20.5 Å². The van der Waals surface area contributed by atoms with Gasteiger partial charge < -0.3 is 14.5 Å². The van der Waals surface area contributed by atoms with Crippen molar-refractivity contribution < 1.29 is 14.3 Å². The molecule has 0 saturated carbocycles. The fourth-order valence-electron chi connectivity index (χ4n) is 1.44. The zero-order valence-electron chi connectivity index (χ0n) is 10.4. The van der Waals surface area contributed by atoms with Gasteiger partial charge in [0.25, 0.3) is 0 Å². The Morgan fingerprint density at radius 3 is 2.53 bits per heavy atom. The number of aromatic amines is 1. The van der Waals surface area contributed by atoms with Crippen LogP contribution in [0.2, 0.25) is 0 Å². The fourth-order valence-corrected chi connectivity index (χ4v) is 2.04. The lowest BCUT2D eigenvalue weighted by molar-refractivity contribution is -0.107. The summed E-state index contributed by atoms with van der Waals surface area (Å²) in [4.78, 5) is 25.5. The van der Waals surface area contributed by atoms with Gasteiger partial charge >= 0.3 is 5.97 Å². The Morgan fingerprint density at radius 2 is 2.06 bits per heavy atom. The molecule has 4 nitrogen and oxygen atoms in total. The van der Waals surface area contributed by atoms with Crippen LogP contribution >= 0.6 is 22.6 Å². The molecule has 0 aliphatic heterocycles. The summed E-state index contributed by atoms with van der Waals surface area (Å²) in [5.41, 5.74) is 1.49. The number of aldehydes is 1. The highest BCUT2D eigenvalue weighted by Crippen LogP contribution is 2.22. The third kappa shape index (κ3) is 3.55. The van der Waals surface area contributed by atoms with Crippen molar-refractivity contribution in [3.8, 4) is 0 Å². The van der Waals surface area contributed by atoms with Crippen molar-refractivity contribution in [2.75, 3.05) is 0 Å². The molecule has 0 fully saturated rings. The predicted octanol–water partition coefficient (Wildman–Crippen LogP) is 2.62. The van der Waals surface area contributed by atoms with Crippen LogP contribution in [0.5, 0.6) is 0 Å². The van der Waals surface area contributed by atoms with Gasteiger partial charge in [-0.05, 0) is 61.4 Å². The molecule has 0 atom stereocenters. The first-order valence-corrected chi connectivity index (χ1v) is 6.38. The van der Waals surface area contributed by atoms with E-state index in [4.69, 9.17) is 4.74 Å². The van der Waals surface area contributed by atoms with Crippen molar-refractivity contribution in [1.82, 2.24) is 4.98 Å². The molecule has 0 unspecified atom stereocenters. The lowest BCUT2D eigenvalue weighted by Crippen LogP contribution is -2.24. The van der Waals surface area contributed by atoms with E-state index in [1.807, 2.05) is 27.7 Å². The molecule has 5 heteroatoms. The van der Waals surface area contributed by atoms with Gasteiger partial charge in [0, 0.05) is 6.42 Å². The number of hydrogen-bond acceptors (Lipinski definition) is 3. The molecule has 17 heavy (non-hydrogen) atoms. The van der Waals surface area contributed by atoms with Crippen LogP contribution in [0.3, 0.4) is 0 Å². The monoisotopic (exact) mass is 349 g/mol. The third-order valence-corrected chi connectivity index (χ3v) is 3.29. The minimum absolute atomic E-state index is 0.222. The third-order valence-electron chi connectivity index (χ3n) is 2.21. The highest BCUT2D eigenvalue weighted by Gasteiger charge is 2.23. The van der Waals surface area contributed by atoms with Crippen LogP contribution in [0.25, 0.3) is 0 Å². The van der Waals surface area contributed by atoms with E-state index in [0.717, 1.165) is 21.1 Å². The Bertz CT molecular complexity index is 443. The number of esters is 1. The summed E-state index contributed by atoms with van der Waals surface area (Å²) in [6, 6.07) is 0. The number of carbonyl (C=O) groups excluding carboxylic acids is 2. The first kappa shape index (κ1) is 14.2. The summed E-state index contributed by atoms with van der Waals surface area (Å²) >= 11 is 2.10. The van der Waals surface area contributed by atoms with Crippen LogP contribution in [0.15, 0.2) is 0 Å². The summed E-state index contributed by atoms with van der Waals surface area (Å²) in [7, 11) is 0. The van der Waals surface area contributed by atoms with E-state index in [0.29, 0.717) is 5.69 Å². The number of hydrogen-bond donors (Lipinski definition) is 1. The number of halogens is 1. The smallest absolute Gasteiger partial charge is 0.355 e. The highest BCUT2D eigenvalue weighted by atomic mass is 127. The normalized spacial score (nSPS) is 11.4. The summed E-state index contributed by atoms with van der Waals surface area (Å²) < 4.78 is 6.15. The molecular formula is C12H16INO3. The van der Waals surface area contributed by atoms with Gasteiger partial charge in [-0.1, -0.05) is 0 Å². The molecule has 0 bridgehead atoms. The molecule has 1 aromatic rings.